The van der Waals surface area contributed by atoms with E-state index in [0.29, 0.717) is 18.6 Å². The van der Waals surface area contributed by atoms with E-state index in [-0.39, 0.29) is 5.97 Å². The van der Waals surface area contributed by atoms with Crippen molar-refractivity contribution < 1.29 is 14.3 Å². The number of esters is 1. The van der Waals surface area contributed by atoms with Crippen LogP contribution in [0.2, 0.25) is 0 Å². The summed E-state index contributed by atoms with van der Waals surface area (Å²) in [5.74, 6) is -0.158. The zero-order valence-electron chi connectivity index (χ0n) is 9.44. The normalized spacial score (nSPS) is 9.81. The van der Waals surface area contributed by atoms with Gasteiger partial charge in [0.1, 0.15) is 6.29 Å². The van der Waals surface area contributed by atoms with Crippen LogP contribution in [0.15, 0.2) is 24.3 Å². The molecule has 0 unspecified atom stereocenters. The lowest BCUT2D eigenvalue weighted by molar-refractivity contribution is -0.143. The van der Waals surface area contributed by atoms with Crippen LogP contribution < -0.4 is 0 Å². The van der Waals surface area contributed by atoms with Gasteiger partial charge in [-0.25, -0.2) is 0 Å². The Bertz CT molecular complexity index is 358. The number of rotatable bonds is 6. The van der Waals surface area contributed by atoms with Gasteiger partial charge in [0.05, 0.1) is 6.61 Å². The molecule has 16 heavy (non-hydrogen) atoms. The molecule has 0 aliphatic rings. The van der Waals surface area contributed by atoms with Gasteiger partial charge in [0.2, 0.25) is 0 Å². The maximum Gasteiger partial charge on any atom is 0.305 e. The van der Waals surface area contributed by atoms with Crippen molar-refractivity contribution in [2.75, 3.05) is 6.61 Å². The lowest BCUT2D eigenvalue weighted by Crippen LogP contribution is -2.04. The molecular weight excluding hydrogens is 204 g/mol. The maximum atomic E-state index is 11.1. The van der Waals surface area contributed by atoms with Crippen molar-refractivity contribution >= 4 is 12.3 Å². The standard InChI is InChI=1S/C13H16O3/c1-2-16-13(15)8-4-6-11-5-3-7-12(9-11)10-14/h3,5,7,9-10H,2,4,6,8H2,1H3. The lowest BCUT2D eigenvalue weighted by Gasteiger charge is -2.02. The number of benzene rings is 1. The molecule has 0 radical (unpaired) electrons. The van der Waals surface area contributed by atoms with E-state index in [1.54, 1.807) is 13.0 Å². The fraction of sp³-hybridized carbons (Fsp3) is 0.385. The number of ether oxygens (including phenoxy) is 1. The predicted octanol–water partition coefficient (Wildman–Crippen LogP) is 2.38. The minimum absolute atomic E-state index is 0.158. The maximum absolute atomic E-state index is 11.1. The van der Waals surface area contributed by atoms with Crippen LogP contribution in [0.25, 0.3) is 0 Å². The predicted molar refractivity (Wildman–Crippen MR) is 61.4 cm³/mol. The van der Waals surface area contributed by atoms with Crippen LogP contribution in [0, 0.1) is 0 Å². The topological polar surface area (TPSA) is 43.4 Å². The highest BCUT2D eigenvalue weighted by Gasteiger charge is 2.02. The molecular formula is C13H16O3. The van der Waals surface area contributed by atoms with E-state index in [2.05, 4.69) is 0 Å². The van der Waals surface area contributed by atoms with Crippen LogP contribution in [0.3, 0.4) is 0 Å². The largest absolute Gasteiger partial charge is 0.466 e. The van der Waals surface area contributed by atoms with Crippen molar-refractivity contribution in [3.05, 3.63) is 35.4 Å². The molecule has 0 heterocycles. The first-order valence-corrected chi connectivity index (χ1v) is 5.46. The SMILES string of the molecule is CCOC(=O)CCCc1cccc(C=O)c1. The third kappa shape index (κ3) is 4.26. The smallest absolute Gasteiger partial charge is 0.305 e. The van der Waals surface area contributed by atoms with Gasteiger partial charge in [-0.2, -0.15) is 0 Å². The summed E-state index contributed by atoms with van der Waals surface area (Å²) in [6, 6.07) is 7.42. The fourth-order valence-corrected chi connectivity index (χ4v) is 1.49. The molecule has 0 fully saturated rings. The molecule has 0 saturated heterocycles. The number of aldehydes is 1. The van der Waals surface area contributed by atoms with Gasteiger partial charge in [-0.15, -0.1) is 0 Å². The van der Waals surface area contributed by atoms with E-state index >= 15 is 0 Å². The van der Waals surface area contributed by atoms with Crippen molar-refractivity contribution in [1.29, 1.82) is 0 Å². The first-order valence-electron chi connectivity index (χ1n) is 5.46. The number of hydrogen-bond donors (Lipinski definition) is 0. The number of carbonyl (C=O) groups excluding carboxylic acids is 2. The summed E-state index contributed by atoms with van der Waals surface area (Å²) in [6.45, 7) is 2.23. The Morgan fingerprint density at radius 2 is 2.25 bits per heavy atom. The molecule has 0 amide bonds. The number of aryl methyl sites for hydroxylation is 1. The minimum atomic E-state index is -0.158. The summed E-state index contributed by atoms with van der Waals surface area (Å²) in [6.07, 6.45) is 2.80. The Labute approximate surface area is 95.4 Å². The third-order valence-electron chi connectivity index (χ3n) is 2.24. The minimum Gasteiger partial charge on any atom is -0.466 e. The van der Waals surface area contributed by atoms with Gasteiger partial charge >= 0.3 is 5.97 Å². The lowest BCUT2D eigenvalue weighted by atomic mass is 10.1. The highest BCUT2D eigenvalue weighted by molar-refractivity contribution is 5.74. The average molecular weight is 220 g/mol. The first-order chi connectivity index (χ1) is 7.76. The molecule has 0 bridgehead atoms. The van der Waals surface area contributed by atoms with E-state index in [0.717, 1.165) is 24.7 Å². The first kappa shape index (κ1) is 12.4. The average Bonchev–Trinajstić information content (AvgIpc) is 2.30. The summed E-state index contributed by atoms with van der Waals surface area (Å²) in [5, 5.41) is 0. The summed E-state index contributed by atoms with van der Waals surface area (Å²) >= 11 is 0. The zero-order chi connectivity index (χ0) is 11.8. The van der Waals surface area contributed by atoms with E-state index in [1.807, 2.05) is 18.2 Å². The molecule has 0 spiro atoms. The monoisotopic (exact) mass is 220 g/mol. The molecule has 3 nitrogen and oxygen atoms in total. The molecule has 1 aromatic rings. The van der Waals surface area contributed by atoms with Gasteiger partial charge in [0.25, 0.3) is 0 Å². The fourth-order valence-electron chi connectivity index (χ4n) is 1.49. The van der Waals surface area contributed by atoms with Gasteiger partial charge in [0, 0.05) is 12.0 Å². The van der Waals surface area contributed by atoms with Crippen LogP contribution in [0.5, 0.6) is 0 Å². The molecule has 1 rings (SSSR count). The molecule has 0 atom stereocenters. The van der Waals surface area contributed by atoms with E-state index in [1.165, 1.54) is 0 Å². The number of carbonyl (C=O) groups is 2. The van der Waals surface area contributed by atoms with Gasteiger partial charge in [-0.1, -0.05) is 18.2 Å². The second-order valence-corrected chi connectivity index (χ2v) is 3.52. The van der Waals surface area contributed by atoms with E-state index in [4.69, 9.17) is 4.74 Å². The molecule has 0 saturated carbocycles. The van der Waals surface area contributed by atoms with Crippen molar-refractivity contribution in [2.45, 2.75) is 26.2 Å². The Morgan fingerprint density at radius 3 is 2.94 bits per heavy atom. The zero-order valence-corrected chi connectivity index (χ0v) is 9.44. The molecule has 1 aromatic carbocycles. The van der Waals surface area contributed by atoms with Crippen molar-refractivity contribution in [3.8, 4) is 0 Å². The molecule has 0 aromatic heterocycles. The summed E-state index contributed by atoms with van der Waals surface area (Å²) in [4.78, 5) is 21.6. The molecule has 0 aliphatic carbocycles. The Kier molecular flexibility index (Phi) is 5.26. The highest BCUT2D eigenvalue weighted by Crippen LogP contribution is 2.07. The Hall–Kier alpha value is -1.64. The van der Waals surface area contributed by atoms with Crippen LogP contribution in [-0.4, -0.2) is 18.9 Å². The van der Waals surface area contributed by atoms with Gasteiger partial charge in [-0.3, -0.25) is 9.59 Å². The van der Waals surface area contributed by atoms with Gasteiger partial charge in [-0.05, 0) is 31.4 Å². The van der Waals surface area contributed by atoms with Gasteiger partial charge in [0.15, 0.2) is 0 Å². The Morgan fingerprint density at radius 1 is 1.44 bits per heavy atom. The van der Waals surface area contributed by atoms with Crippen LogP contribution in [0.4, 0.5) is 0 Å². The summed E-state index contributed by atoms with van der Waals surface area (Å²) in [7, 11) is 0. The molecule has 0 aliphatic heterocycles. The summed E-state index contributed by atoms with van der Waals surface area (Å²) in [5.41, 5.74) is 1.75. The van der Waals surface area contributed by atoms with Crippen LogP contribution in [0.1, 0.15) is 35.7 Å². The summed E-state index contributed by atoms with van der Waals surface area (Å²) < 4.78 is 4.83. The third-order valence-corrected chi connectivity index (χ3v) is 2.24. The molecule has 3 heteroatoms. The Balaban J connectivity index is 2.36. The van der Waals surface area contributed by atoms with Gasteiger partial charge < -0.3 is 4.74 Å². The second-order valence-electron chi connectivity index (χ2n) is 3.52. The molecule has 0 N–H and O–H groups in total. The quantitative estimate of drug-likeness (QED) is 0.546. The van der Waals surface area contributed by atoms with E-state index in [9.17, 15) is 9.59 Å². The van der Waals surface area contributed by atoms with Crippen molar-refractivity contribution in [2.24, 2.45) is 0 Å². The second kappa shape index (κ2) is 6.77. The van der Waals surface area contributed by atoms with Crippen LogP contribution >= 0.6 is 0 Å². The van der Waals surface area contributed by atoms with Crippen molar-refractivity contribution in [3.63, 3.8) is 0 Å². The van der Waals surface area contributed by atoms with Crippen LogP contribution in [-0.2, 0) is 16.0 Å². The van der Waals surface area contributed by atoms with E-state index < -0.39 is 0 Å². The number of hydrogen-bond acceptors (Lipinski definition) is 3. The molecule has 86 valence electrons. The highest BCUT2D eigenvalue weighted by atomic mass is 16.5. The van der Waals surface area contributed by atoms with Crippen molar-refractivity contribution in [1.82, 2.24) is 0 Å².